The molecule has 0 bridgehead atoms. The van der Waals surface area contributed by atoms with Gasteiger partial charge in [0.05, 0.1) is 33.0 Å². The molecule has 0 radical (unpaired) electrons. The Hall–Kier alpha value is -2.28. The lowest BCUT2D eigenvalue weighted by Crippen LogP contribution is -2.31. The molecule has 9 heteroatoms. The number of nitrogens with one attached hydrogen (secondary N) is 2. The Kier molecular flexibility index (Phi) is 5.89. The molecule has 140 valence electrons. The number of anilines is 1. The van der Waals surface area contributed by atoms with Gasteiger partial charge in [0.1, 0.15) is 0 Å². The summed E-state index contributed by atoms with van der Waals surface area (Å²) in [4.78, 5) is 28.9. The summed E-state index contributed by atoms with van der Waals surface area (Å²) in [5.74, 6) is -0.340. The first-order valence-electron chi connectivity index (χ1n) is 8.01. The van der Waals surface area contributed by atoms with Crippen molar-refractivity contribution in [2.75, 3.05) is 5.43 Å². The van der Waals surface area contributed by atoms with E-state index >= 15 is 0 Å². The molecule has 0 saturated carbocycles. The van der Waals surface area contributed by atoms with Crippen molar-refractivity contribution in [3.05, 3.63) is 67.6 Å². The van der Waals surface area contributed by atoms with E-state index in [9.17, 15) is 9.59 Å². The van der Waals surface area contributed by atoms with Crippen LogP contribution in [0, 0.1) is 6.92 Å². The fourth-order valence-electron chi connectivity index (χ4n) is 2.58. The second kappa shape index (κ2) is 8.17. The fraction of sp³-hybridized carbons (Fsp3) is 0.167. The van der Waals surface area contributed by atoms with Crippen LogP contribution in [0.25, 0.3) is 10.9 Å². The zero-order chi connectivity index (χ0) is 19.6. The molecule has 0 fully saturated rings. The molecule has 2 aromatic carbocycles. The maximum atomic E-state index is 12.5. The van der Waals surface area contributed by atoms with Gasteiger partial charge in [-0.1, -0.05) is 46.9 Å². The summed E-state index contributed by atoms with van der Waals surface area (Å²) in [6.07, 6.45) is 1.51. The Morgan fingerprint density at radius 2 is 1.89 bits per heavy atom. The number of carbonyl (C=O) groups is 1. The molecule has 1 aromatic heterocycles. The lowest BCUT2D eigenvalue weighted by atomic mass is 10.1. The molecule has 1 amide bonds. The van der Waals surface area contributed by atoms with Crippen molar-refractivity contribution in [2.45, 2.75) is 19.9 Å². The number of nitrogens with zero attached hydrogens (tertiary/aromatic N) is 2. The van der Waals surface area contributed by atoms with Crippen LogP contribution in [0.5, 0.6) is 0 Å². The first-order valence-corrected chi connectivity index (χ1v) is 9.14. The Bertz CT molecular complexity index is 1060. The largest absolute Gasteiger partial charge is 0.298 e. The quantitative estimate of drug-likeness (QED) is 0.601. The number of benzene rings is 2. The minimum Gasteiger partial charge on any atom is -0.298 e. The lowest BCUT2D eigenvalue weighted by molar-refractivity contribution is -0.120. The molecular weight excluding hydrogens is 411 g/mol. The predicted octanol–water partition coefficient (Wildman–Crippen LogP) is 4.20. The van der Waals surface area contributed by atoms with Gasteiger partial charge in [-0.25, -0.2) is 4.98 Å². The number of fused-ring (bicyclic) bond motifs is 1. The van der Waals surface area contributed by atoms with Gasteiger partial charge in [0, 0.05) is 18.0 Å². The van der Waals surface area contributed by atoms with Crippen LogP contribution in [0.2, 0.25) is 15.1 Å². The summed E-state index contributed by atoms with van der Waals surface area (Å²) in [5, 5.41) is 1.47. The van der Waals surface area contributed by atoms with Gasteiger partial charge in [0.25, 0.3) is 5.56 Å². The first kappa shape index (κ1) is 19.5. The molecule has 27 heavy (non-hydrogen) atoms. The normalized spacial score (nSPS) is 10.8. The van der Waals surface area contributed by atoms with Crippen molar-refractivity contribution < 1.29 is 4.79 Å². The van der Waals surface area contributed by atoms with Crippen molar-refractivity contribution in [1.29, 1.82) is 0 Å². The molecule has 0 aliphatic carbocycles. The molecule has 6 nitrogen and oxygen atoms in total. The van der Waals surface area contributed by atoms with Crippen LogP contribution < -0.4 is 16.4 Å². The van der Waals surface area contributed by atoms with Crippen molar-refractivity contribution in [3.8, 4) is 0 Å². The van der Waals surface area contributed by atoms with Crippen molar-refractivity contribution >= 4 is 57.3 Å². The molecule has 3 aromatic rings. The number of rotatable bonds is 5. The van der Waals surface area contributed by atoms with E-state index in [2.05, 4.69) is 15.8 Å². The van der Waals surface area contributed by atoms with Gasteiger partial charge in [-0.05, 0) is 30.7 Å². The summed E-state index contributed by atoms with van der Waals surface area (Å²) in [5.41, 5.74) is 6.92. The van der Waals surface area contributed by atoms with Gasteiger partial charge < -0.3 is 0 Å². The minimum absolute atomic E-state index is 0.0642. The standard InChI is InChI=1S/C18H15Cl3N4O2/c1-10-3-2-4-12-16(10)22-9-25(18(12)27)6-5-15(26)23-24-17-13(20)7-11(19)8-14(17)21/h2-4,7-9,24H,5-6H2,1H3,(H,23,26). The molecule has 0 spiro atoms. The number of halogens is 3. The zero-order valence-electron chi connectivity index (χ0n) is 14.2. The van der Waals surface area contributed by atoms with Crippen LogP contribution in [0.4, 0.5) is 5.69 Å². The van der Waals surface area contributed by atoms with E-state index in [1.807, 2.05) is 13.0 Å². The Morgan fingerprint density at radius 3 is 2.59 bits per heavy atom. The third kappa shape index (κ3) is 4.35. The SMILES string of the molecule is Cc1cccc2c(=O)n(CCC(=O)NNc3c(Cl)cc(Cl)cc3Cl)cnc12. The third-order valence-electron chi connectivity index (χ3n) is 3.97. The second-order valence-electron chi connectivity index (χ2n) is 5.88. The van der Waals surface area contributed by atoms with E-state index < -0.39 is 0 Å². The van der Waals surface area contributed by atoms with Gasteiger partial charge in [-0.15, -0.1) is 0 Å². The summed E-state index contributed by atoms with van der Waals surface area (Å²) in [7, 11) is 0. The maximum absolute atomic E-state index is 12.5. The molecule has 0 aliphatic heterocycles. The smallest absolute Gasteiger partial charge is 0.261 e. The number of amides is 1. The van der Waals surface area contributed by atoms with Crippen LogP contribution >= 0.6 is 34.8 Å². The van der Waals surface area contributed by atoms with Crippen LogP contribution in [0.15, 0.2) is 41.5 Å². The van der Waals surface area contributed by atoms with E-state index in [4.69, 9.17) is 34.8 Å². The van der Waals surface area contributed by atoms with Crippen molar-refractivity contribution in [2.24, 2.45) is 0 Å². The van der Waals surface area contributed by atoms with E-state index in [1.165, 1.54) is 23.0 Å². The topological polar surface area (TPSA) is 76.0 Å². The van der Waals surface area contributed by atoms with Gasteiger partial charge in [-0.2, -0.15) is 0 Å². The molecular formula is C18H15Cl3N4O2. The molecule has 2 N–H and O–H groups in total. The van der Waals surface area contributed by atoms with Crippen LogP contribution in [0.1, 0.15) is 12.0 Å². The molecule has 0 aliphatic rings. The average molecular weight is 426 g/mol. The fourth-order valence-corrected chi connectivity index (χ4v) is 3.49. The van der Waals surface area contributed by atoms with Crippen molar-refractivity contribution in [1.82, 2.24) is 15.0 Å². The summed E-state index contributed by atoms with van der Waals surface area (Å²) >= 11 is 17.9. The molecule has 0 unspecified atom stereocenters. The minimum atomic E-state index is -0.340. The zero-order valence-corrected chi connectivity index (χ0v) is 16.5. The number of hydrogen-bond acceptors (Lipinski definition) is 4. The highest BCUT2D eigenvalue weighted by molar-refractivity contribution is 6.41. The number of aryl methyl sites for hydroxylation is 2. The average Bonchev–Trinajstić information content (AvgIpc) is 2.61. The second-order valence-corrected chi connectivity index (χ2v) is 7.13. The van der Waals surface area contributed by atoms with E-state index in [1.54, 1.807) is 12.1 Å². The summed E-state index contributed by atoms with van der Waals surface area (Å²) < 4.78 is 1.41. The van der Waals surface area contributed by atoms with Crippen LogP contribution in [-0.4, -0.2) is 15.5 Å². The number of hydrogen-bond donors (Lipinski definition) is 2. The number of para-hydroxylation sites is 1. The molecule has 0 atom stereocenters. The van der Waals surface area contributed by atoms with E-state index in [0.717, 1.165) is 5.56 Å². The van der Waals surface area contributed by atoms with Crippen LogP contribution in [-0.2, 0) is 11.3 Å². The monoisotopic (exact) mass is 424 g/mol. The highest BCUT2D eigenvalue weighted by atomic mass is 35.5. The first-order chi connectivity index (χ1) is 12.9. The third-order valence-corrected chi connectivity index (χ3v) is 4.78. The Labute approximate surface area is 170 Å². The Morgan fingerprint density at radius 1 is 1.19 bits per heavy atom. The number of carbonyl (C=O) groups excluding carboxylic acids is 1. The predicted molar refractivity (Wildman–Crippen MR) is 109 cm³/mol. The van der Waals surface area contributed by atoms with Gasteiger partial charge in [-0.3, -0.25) is 25.0 Å². The molecule has 3 rings (SSSR count). The summed E-state index contributed by atoms with van der Waals surface area (Å²) in [6, 6.07) is 8.43. The van der Waals surface area contributed by atoms with Crippen LogP contribution in [0.3, 0.4) is 0 Å². The van der Waals surface area contributed by atoms with E-state index in [-0.39, 0.29) is 34.5 Å². The lowest BCUT2D eigenvalue weighted by Gasteiger charge is -2.12. The summed E-state index contributed by atoms with van der Waals surface area (Å²) in [6.45, 7) is 2.08. The molecule has 1 heterocycles. The Balaban J connectivity index is 1.66. The molecule has 0 saturated heterocycles. The number of aromatic nitrogens is 2. The maximum Gasteiger partial charge on any atom is 0.261 e. The van der Waals surface area contributed by atoms with Crippen molar-refractivity contribution in [3.63, 3.8) is 0 Å². The highest BCUT2D eigenvalue weighted by Crippen LogP contribution is 2.33. The van der Waals surface area contributed by atoms with Gasteiger partial charge >= 0.3 is 0 Å². The van der Waals surface area contributed by atoms with E-state index in [0.29, 0.717) is 21.6 Å². The highest BCUT2D eigenvalue weighted by Gasteiger charge is 2.10. The van der Waals surface area contributed by atoms with Gasteiger partial charge in [0.2, 0.25) is 5.91 Å². The number of hydrazine groups is 1. The van der Waals surface area contributed by atoms with Gasteiger partial charge in [0.15, 0.2) is 0 Å².